The van der Waals surface area contributed by atoms with Gasteiger partial charge in [-0.25, -0.2) is 4.79 Å². The summed E-state index contributed by atoms with van der Waals surface area (Å²) in [6, 6.07) is -1.12. The highest BCUT2D eigenvalue weighted by molar-refractivity contribution is 5.89. The maximum atomic E-state index is 11.9. The number of nitrogens with two attached hydrogens (primary N) is 1. The molecule has 0 aromatic rings. The van der Waals surface area contributed by atoms with Crippen LogP contribution >= 0.6 is 0 Å². The zero-order chi connectivity index (χ0) is 13.8. The fourth-order valence-electron chi connectivity index (χ4n) is 1.81. The third-order valence-corrected chi connectivity index (χ3v) is 2.98. The van der Waals surface area contributed by atoms with E-state index in [1.165, 1.54) is 0 Å². The monoisotopic (exact) mass is 258 g/mol. The number of carbonyl (C=O) groups excluding carboxylic acids is 2. The van der Waals surface area contributed by atoms with Gasteiger partial charge in [-0.05, 0) is 26.2 Å². The van der Waals surface area contributed by atoms with Crippen LogP contribution in [0.15, 0.2) is 0 Å². The second kappa shape index (κ2) is 5.81. The Morgan fingerprint density at radius 2 is 2.17 bits per heavy atom. The second-order valence-electron chi connectivity index (χ2n) is 4.55. The van der Waals surface area contributed by atoms with Crippen LogP contribution in [0, 0.1) is 0 Å². The van der Waals surface area contributed by atoms with E-state index in [2.05, 4.69) is 5.32 Å². The molecule has 1 heterocycles. The molecule has 2 atom stereocenters. The van der Waals surface area contributed by atoms with Gasteiger partial charge in [0.05, 0.1) is 0 Å². The molecule has 1 aliphatic rings. The lowest BCUT2D eigenvalue weighted by Crippen LogP contribution is -2.50. The van der Waals surface area contributed by atoms with E-state index >= 15 is 0 Å². The van der Waals surface area contributed by atoms with Crippen LogP contribution in [0.2, 0.25) is 0 Å². The lowest BCUT2D eigenvalue weighted by Gasteiger charge is -2.24. The van der Waals surface area contributed by atoms with Crippen molar-refractivity contribution in [1.29, 1.82) is 0 Å². The zero-order valence-electron chi connectivity index (χ0n) is 10.3. The fraction of sp³-hybridized carbons (Fsp3) is 0.727. The van der Waals surface area contributed by atoms with Crippen LogP contribution in [0.5, 0.6) is 0 Å². The van der Waals surface area contributed by atoms with Crippen molar-refractivity contribution in [3.8, 4) is 0 Å². The van der Waals surface area contributed by atoms with E-state index in [0.717, 1.165) is 6.42 Å². The fourth-order valence-corrected chi connectivity index (χ4v) is 1.81. The van der Waals surface area contributed by atoms with Crippen molar-refractivity contribution in [2.24, 2.45) is 5.73 Å². The molecular formula is C11H18N2O5. The largest absolute Gasteiger partial charge is 0.480 e. The zero-order valence-corrected chi connectivity index (χ0v) is 10.3. The number of carbonyl (C=O) groups is 3. The minimum Gasteiger partial charge on any atom is -0.480 e. The molecule has 1 unspecified atom stereocenters. The molecule has 1 fully saturated rings. The van der Waals surface area contributed by atoms with Crippen molar-refractivity contribution >= 4 is 17.8 Å². The summed E-state index contributed by atoms with van der Waals surface area (Å²) in [7, 11) is 0. The standard InChI is InChI=1S/C11H18N2O5/c1-11(5-2-6-18-11)10(17)13-7(9(15)16)3-4-8(12)14/h7H,2-6H2,1H3,(H2,12,14)(H,13,17)(H,15,16)/t7-,11?/m0/s1. The molecule has 0 bridgehead atoms. The highest BCUT2D eigenvalue weighted by Gasteiger charge is 2.39. The third kappa shape index (κ3) is 3.69. The molecule has 102 valence electrons. The van der Waals surface area contributed by atoms with Crippen molar-refractivity contribution in [1.82, 2.24) is 5.32 Å². The Labute approximate surface area is 105 Å². The topological polar surface area (TPSA) is 119 Å². The smallest absolute Gasteiger partial charge is 0.326 e. The Hall–Kier alpha value is -1.63. The first-order valence-electron chi connectivity index (χ1n) is 5.81. The Morgan fingerprint density at radius 3 is 2.61 bits per heavy atom. The number of carboxylic acids is 1. The SMILES string of the molecule is CC1(C(=O)N[C@@H](CCC(N)=O)C(=O)O)CCCO1. The van der Waals surface area contributed by atoms with Gasteiger partial charge in [0.2, 0.25) is 5.91 Å². The molecule has 7 nitrogen and oxygen atoms in total. The summed E-state index contributed by atoms with van der Waals surface area (Å²) in [5, 5.41) is 11.3. The van der Waals surface area contributed by atoms with Gasteiger partial charge < -0.3 is 20.9 Å². The van der Waals surface area contributed by atoms with Crippen LogP contribution in [-0.2, 0) is 19.1 Å². The van der Waals surface area contributed by atoms with Gasteiger partial charge in [0.15, 0.2) is 0 Å². The molecule has 0 aromatic heterocycles. The first-order valence-corrected chi connectivity index (χ1v) is 5.81. The van der Waals surface area contributed by atoms with Crippen molar-refractivity contribution in [3.63, 3.8) is 0 Å². The number of nitrogens with one attached hydrogen (secondary N) is 1. The number of ether oxygens (including phenoxy) is 1. The van der Waals surface area contributed by atoms with Crippen LogP contribution in [0.25, 0.3) is 0 Å². The normalized spacial score (nSPS) is 24.5. The third-order valence-electron chi connectivity index (χ3n) is 2.98. The number of aliphatic carboxylic acids is 1. The van der Waals surface area contributed by atoms with E-state index in [1.54, 1.807) is 6.92 Å². The molecule has 4 N–H and O–H groups in total. The van der Waals surface area contributed by atoms with E-state index in [1.807, 2.05) is 0 Å². The summed E-state index contributed by atoms with van der Waals surface area (Å²) >= 11 is 0. The van der Waals surface area contributed by atoms with Crippen LogP contribution in [0.4, 0.5) is 0 Å². The molecule has 1 aliphatic heterocycles. The van der Waals surface area contributed by atoms with Crippen molar-refractivity contribution in [2.75, 3.05) is 6.61 Å². The predicted molar refractivity (Wildman–Crippen MR) is 61.6 cm³/mol. The van der Waals surface area contributed by atoms with Crippen LogP contribution < -0.4 is 11.1 Å². The first-order chi connectivity index (χ1) is 8.35. The van der Waals surface area contributed by atoms with Crippen LogP contribution in [-0.4, -0.2) is 41.1 Å². The number of hydrogen-bond donors (Lipinski definition) is 3. The van der Waals surface area contributed by atoms with E-state index in [9.17, 15) is 14.4 Å². The summed E-state index contributed by atoms with van der Waals surface area (Å²) in [5.41, 5.74) is 3.98. The van der Waals surface area contributed by atoms with Crippen molar-refractivity contribution in [2.45, 2.75) is 44.2 Å². The van der Waals surface area contributed by atoms with Gasteiger partial charge in [-0.2, -0.15) is 0 Å². The Balaban J connectivity index is 2.57. The summed E-state index contributed by atoms with van der Waals surface area (Å²) in [4.78, 5) is 33.5. The van der Waals surface area contributed by atoms with E-state index in [-0.39, 0.29) is 12.8 Å². The number of primary amides is 1. The van der Waals surface area contributed by atoms with E-state index in [0.29, 0.717) is 13.0 Å². The van der Waals surface area contributed by atoms with Crippen LogP contribution in [0.3, 0.4) is 0 Å². The van der Waals surface area contributed by atoms with Gasteiger partial charge in [0.25, 0.3) is 5.91 Å². The van der Waals surface area contributed by atoms with Gasteiger partial charge in [0.1, 0.15) is 11.6 Å². The van der Waals surface area contributed by atoms with Gasteiger partial charge in [-0.1, -0.05) is 0 Å². The molecule has 0 saturated carbocycles. The molecule has 2 amide bonds. The highest BCUT2D eigenvalue weighted by Crippen LogP contribution is 2.25. The summed E-state index contributed by atoms with van der Waals surface area (Å²) in [6.45, 7) is 2.12. The molecule has 18 heavy (non-hydrogen) atoms. The summed E-state index contributed by atoms with van der Waals surface area (Å²) in [5.74, 6) is -2.25. The minimum atomic E-state index is -1.19. The molecule has 7 heteroatoms. The van der Waals surface area contributed by atoms with Crippen LogP contribution in [0.1, 0.15) is 32.6 Å². The minimum absolute atomic E-state index is 0.0213. The maximum Gasteiger partial charge on any atom is 0.326 e. The number of carboxylic acid groups (broad SMARTS) is 1. The molecular weight excluding hydrogens is 240 g/mol. The number of amides is 2. The quantitative estimate of drug-likeness (QED) is 0.587. The van der Waals surface area contributed by atoms with Gasteiger partial charge in [-0.3, -0.25) is 9.59 Å². The average Bonchev–Trinajstić information content (AvgIpc) is 2.71. The lowest BCUT2D eigenvalue weighted by molar-refractivity contribution is -0.147. The van der Waals surface area contributed by atoms with Crippen molar-refractivity contribution in [3.05, 3.63) is 0 Å². The van der Waals surface area contributed by atoms with E-state index in [4.69, 9.17) is 15.6 Å². The molecule has 0 radical (unpaired) electrons. The van der Waals surface area contributed by atoms with Gasteiger partial charge in [-0.15, -0.1) is 0 Å². The average molecular weight is 258 g/mol. The molecule has 1 rings (SSSR count). The van der Waals surface area contributed by atoms with Crippen molar-refractivity contribution < 1.29 is 24.2 Å². The molecule has 1 saturated heterocycles. The maximum absolute atomic E-state index is 11.9. The molecule has 0 spiro atoms. The Morgan fingerprint density at radius 1 is 1.50 bits per heavy atom. The second-order valence-corrected chi connectivity index (χ2v) is 4.55. The summed E-state index contributed by atoms with van der Waals surface area (Å²) < 4.78 is 5.31. The number of hydrogen-bond acceptors (Lipinski definition) is 4. The molecule has 0 aliphatic carbocycles. The number of rotatable bonds is 6. The van der Waals surface area contributed by atoms with Gasteiger partial charge in [0, 0.05) is 13.0 Å². The van der Waals surface area contributed by atoms with E-state index < -0.39 is 29.4 Å². The predicted octanol–water partition coefficient (Wildman–Crippen LogP) is -0.610. The summed E-state index contributed by atoms with van der Waals surface area (Å²) in [6.07, 6.45) is 1.21. The lowest BCUT2D eigenvalue weighted by atomic mass is 10.0. The van der Waals surface area contributed by atoms with Gasteiger partial charge >= 0.3 is 5.97 Å². The highest BCUT2D eigenvalue weighted by atomic mass is 16.5. The Kier molecular flexibility index (Phi) is 4.66. The molecule has 0 aromatic carbocycles. The first kappa shape index (κ1) is 14.4. The Bertz CT molecular complexity index is 349.